The number of nitrogens with one attached hydrogen (secondary N) is 1. The van der Waals surface area contributed by atoms with E-state index in [0.717, 1.165) is 6.42 Å². The van der Waals surface area contributed by atoms with E-state index in [-0.39, 0.29) is 34.9 Å². The van der Waals surface area contributed by atoms with Crippen LogP contribution in [0.4, 0.5) is 0 Å². The van der Waals surface area contributed by atoms with E-state index in [1.165, 1.54) is 0 Å². The van der Waals surface area contributed by atoms with Gasteiger partial charge in [0.05, 0.1) is 12.1 Å². The Bertz CT molecular complexity index is 434. The third-order valence-corrected chi connectivity index (χ3v) is 4.24. The lowest BCUT2D eigenvalue weighted by molar-refractivity contribution is -0.162. The van der Waals surface area contributed by atoms with Crippen molar-refractivity contribution in [1.29, 1.82) is 0 Å². The highest BCUT2D eigenvalue weighted by Crippen LogP contribution is 2.35. The van der Waals surface area contributed by atoms with Crippen LogP contribution in [-0.4, -0.2) is 46.0 Å². The number of fused-ring (bicyclic) bond motifs is 1. The first-order valence-corrected chi connectivity index (χ1v) is 7.92. The average molecular weight is 295 g/mol. The summed E-state index contributed by atoms with van der Waals surface area (Å²) in [4.78, 5) is 25.3. The summed E-state index contributed by atoms with van der Waals surface area (Å²) in [7, 11) is 0. The van der Waals surface area contributed by atoms with Gasteiger partial charge in [-0.1, -0.05) is 20.8 Å². The lowest BCUT2D eigenvalue weighted by Gasteiger charge is -2.39. The van der Waals surface area contributed by atoms with Gasteiger partial charge in [-0.2, -0.15) is 0 Å². The Morgan fingerprint density at radius 2 is 1.67 bits per heavy atom. The summed E-state index contributed by atoms with van der Waals surface area (Å²) in [6.45, 7) is 13.2. The van der Waals surface area contributed by atoms with Crippen molar-refractivity contribution in [3.8, 4) is 0 Å². The minimum absolute atomic E-state index is 0.0265. The lowest BCUT2D eigenvalue weighted by atomic mass is 9.85. The van der Waals surface area contributed by atoms with Gasteiger partial charge in [0.1, 0.15) is 0 Å². The average Bonchev–Trinajstić information content (AvgIpc) is 2.72. The molecule has 5 nitrogen and oxygen atoms in total. The second kappa shape index (κ2) is 5.27. The van der Waals surface area contributed by atoms with Crippen molar-refractivity contribution in [2.45, 2.75) is 78.4 Å². The summed E-state index contributed by atoms with van der Waals surface area (Å²) in [5.74, 6) is 0.126. The molecule has 2 rings (SSSR count). The number of carbonyl (C=O) groups excluding carboxylic acids is 2. The molecule has 2 aliphatic rings. The Morgan fingerprint density at radius 3 is 2.19 bits per heavy atom. The van der Waals surface area contributed by atoms with Crippen LogP contribution in [0.15, 0.2) is 0 Å². The van der Waals surface area contributed by atoms with Crippen LogP contribution in [0, 0.1) is 5.41 Å². The molecule has 0 bridgehead atoms. The molecule has 0 aliphatic carbocycles. The van der Waals surface area contributed by atoms with Crippen molar-refractivity contribution in [2.75, 3.05) is 6.54 Å². The second-order valence-corrected chi connectivity index (χ2v) is 8.36. The Balaban J connectivity index is 2.29. The molecule has 2 fully saturated rings. The number of hydrogen-bond donors (Lipinski definition) is 1. The molecule has 0 radical (unpaired) electrons. The fourth-order valence-corrected chi connectivity index (χ4v) is 3.30. The highest BCUT2D eigenvalue weighted by atomic mass is 16.2. The molecule has 1 N–H and O–H groups in total. The van der Waals surface area contributed by atoms with Gasteiger partial charge in [-0.05, 0) is 39.0 Å². The topological polar surface area (TPSA) is 52.7 Å². The lowest BCUT2D eigenvalue weighted by Crippen LogP contribution is -2.57. The van der Waals surface area contributed by atoms with E-state index < -0.39 is 0 Å². The highest BCUT2D eigenvalue weighted by Gasteiger charge is 2.47. The van der Waals surface area contributed by atoms with E-state index >= 15 is 0 Å². The van der Waals surface area contributed by atoms with Crippen LogP contribution in [0.2, 0.25) is 0 Å². The van der Waals surface area contributed by atoms with Crippen LogP contribution >= 0.6 is 0 Å². The summed E-state index contributed by atoms with van der Waals surface area (Å²) < 4.78 is 0. The minimum atomic E-state index is -0.276. The molecular formula is C16H29N3O2. The van der Waals surface area contributed by atoms with Gasteiger partial charge >= 0.3 is 0 Å². The van der Waals surface area contributed by atoms with Crippen LogP contribution in [0.5, 0.6) is 0 Å². The summed E-state index contributed by atoms with van der Waals surface area (Å²) in [5, 5.41) is 6.81. The van der Waals surface area contributed by atoms with E-state index in [4.69, 9.17) is 0 Å². The molecule has 0 aromatic heterocycles. The number of carbonyl (C=O) groups is 2. The Hall–Kier alpha value is -1.10. The van der Waals surface area contributed by atoms with E-state index in [9.17, 15) is 9.59 Å². The molecule has 2 saturated heterocycles. The summed E-state index contributed by atoms with van der Waals surface area (Å²) in [6, 6.07) is -0.182. The maximum Gasteiger partial charge on any atom is 0.258 e. The smallest absolute Gasteiger partial charge is 0.258 e. The van der Waals surface area contributed by atoms with Crippen molar-refractivity contribution < 1.29 is 9.59 Å². The first-order valence-electron chi connectivity index (χ1n) is 7.92. The molecule has 21 heavy (non-hydrogen) atoms. The SMILES string of the molecule is CC(C)(C)NC1CCC(=O)N2CCC(C(C)(C)C)N2C1=O. The second-order valence-electron chi connectivity index (χ2n) is 8.36. The molecule has 2 atom stereocenters. The van der Waals surface area contributed by atoms with Gasteiger partial charge in [-0.3, -0.25) is 14.6 Å². The minimum Gasteiger partial charge on any atom is -0.301 e. The summed E-state index contributed by atoms with van der Waals surface area (Å²) >= 11 is 0. The molecule has 120 valence electrons. The number of rotatable bonds is 1. The normalized spacial score (nSPS) is 27.9. The zero-order chi connectivity index (χ0) is 16.0. The van der Waals surface area contributed by atoms with Crippen molar-refractivity contribution in [2.24, 2.45) is 5.41 Å². The fourth-order valence-electron chi connectivity index (χ4n) is 3.30. The van der Waals surface area contributed by atoms with Gasteiger partial charge in [-0.25, -0.2) is 5.01 Å². The maximum atomic E-state index is 13.0. The molecule has 2 aliphatic heterocycles. The van der Waals surface area contributed by atoms with Gasteiger partial charge in [0, 0.05) is 18.5 Å². The van der Waals surface area contributed by atoms with Crippen molar-refractivity contribution in [3.05, 3.63) is 0 Å². The molecule has 0 aromatic carbocycles. The van der Waals surface area contributed by atoms with Crippen molar-refractivity contribution in [1.82, 2.24) is 15.3 Å². The molecule has 5 heteroatoms. The zero-order valence-electron chi connectivity index (χ0n) is 14.2. The van der Waals surface area contributed by atoms with Crippen molar-refractivity contribution >= 4 is 11.8 Å². The molecular weight excluding hydrogens is 266 g/mol. The first-order chi connectivity index (χ1) is 9.50. The number of amides is 2. The molecule has 0 aromatic rings. The van der Waals surface area contributed by atoms with Crippen LogP contribution in [-0.2, 0) is 9.59 Å². The van der Waals surface area contributed by atoms with Gasteiger partial charge in [0.25, 0.3) is 5.91 Å². The molecule has 2 heterocycles. The highest BCUT2D eigenvalue weighted by molar-refractivity contribution is 5.89. The number of hydrazine groups is 1. The van der Waals surface area contributed by atoms with Gasteiger partial charge in [0.15, 0.2) is 0 Å². The van der Waals surface area contributed by atoms with Gasteiger partial charge < -0.3 is 5.32 Å². The quantitative estimate of drug-likeness (QED) is 0.804. The van der Waals surface area contributed by atoms with E-state index in [2.05, 4.69) is 46.9 Å². The van der Waals surface area contributed by atoms with Crippen LogP contribution in [0.3, 0.4) is 0 Å². The van der Waals surface area contributed by atoms with Crippen LogP contribution < -0.4 is 5.32 Å². The zero-order valence-corrected chi connectivity index (χ0v) is 14.2. The van der Waals surface area contributed by atoms with Gasteiger partial charge in [-0.15, -0.1) is 0 Å². The van der Waals surface area contributed by atoms with Crippen molar-refractivity contribution in [3.63, 3.8) is 0 Å². The third-order valence-electron chi connectivity index (χ3n) is 4.24. The standard InChI is InChI=1S/C16H29N3O2/c1-15(2,3)12-9-10-18-13(20)8-7-11(14(21)19(12)18)17-16(4,5)6/h11-12,17H,7-10H2,1-6H3. The Kier molecular flexibility index (Phi) is 4.08. The largest absolute Gasteiger partial charge is 0.301 e. The predicted molar refractivity (Wildman–Crippen MR) is 82.3 cm³/mol. The van der Waals surface area contributed by atoms with Gasteiger partial charge in [0.2, 0.25) is 5.91 Å². The van der Waals surface area contributed by atoms with E-state index in [1.54, 1.807) is 10.0 Å². The summed E-state index contributed by atoms with van der Waals surface area (Å²) in [6.07, 6.45) is 1.88. The van der Waals surface area contributed by atoms with Crippen LogP contribution in [0.25, 0.3) is 0 Å². The Morgan fingerprint density at radius 1 is 1.05 bits per heavy atom. The first kappa shape index (κ1) is 16.3. The predicted octanol–water partition coefficient (Wildman–Crippen LogP) is 1.93. The molecule has 2 unspecified atom stereocenters. The molecule has 0 spiro atoms. The van der Waals surface area contributed by atoms with Crippen LogP contribution in [0.1, 0.15) is 60.8 Å². The van der Waals surface area contributed by atoms with E-state index in [1.807, 2.05) is 0 Å². The molecule has 0 saturated carbocycles. The summed E-state index contributed by atoms with van der Waals surface area (Å²) in [5.41, 5.74) is -0.170. The monoisotopic (exact) mass is 295 g/mol. The fraction of sp³-hybridized carbons (Fsp3) is 0.875. The third kappa shape index (κ3) is 3.39. The Labute approximate surface area is 128 Å². The number of nitrogens with zero attached hydrogens (tertiary/aromatic N) is 2. The van der Waals surface area contributed by atoms with E-state index in [0.29, 0.717) is 19.4 Å². The number of hydrogen-bond acceptors (Lipinski definition) is 3. The maximum absolute atomic E-state index is 13.0. The molecule has 2 amide bonds.